The summed E-state index contributed by atoms with van der Waals surface area (Å²) in [5, 5.41) is 5.09. The highest BCUT2D eigenvalue weighted by Gasteiger charge is 2.14. The van der Waals surface area contributed by atoms with Gasteiger partial charge < -0.3 is 4.74 Å². The lowest BCUT2D eigenvalue weighted by Gasteiger charge is -2.02. The smallest absolute Gasteiger partial charge is 0.204 e. The lowest BCUT2D eigenvalue weighted by Crippen LogP contribution is -1.90. The number of rotatable bonds is 6. The van der Waals surface area contributed by atoms with Crippen molar-refractivity contribution in [3.05, 3.63) is 90.5 Å². The fourth-order valence-electron chi connectivity index (χ4n) is 2.80. The van der Waals surface area contributed by atoms with E-state index in [0.29, 0.717) is 0 Å². The van der Waals surface area contributed by atoms with E-state index in [2.05, 4.69) is 34.8 Å². The fraction of sp³-hybridized carbons (Fsp3) is 0.0435. The Morgan fingerprint density at radius 3 is 2.14 bits per heavy atom. The van der Waals surface area contributed by atoms with E-state index in [4.69, 9.17) is 9.72 Å². The molecule has 28 heavy (non-hydrogen) atoms. The van der Waals surface area contributed by atoms with Gasteiger partial charge in [-0.3, -0.25) is 5.43 Å². The molecule has 0 radical (unpaired) electrons. The van der Waals surface area contributed by atoms with Gasteiger partial charge in [-0.1, -0.05) is 72.0 Å². The van der Waals surface area contributed by atoms with E-state index in [0.717, 1.165) is 38.1 Å². The van der Waals surface area contributed by atoms with Crippen molar-refractivity contribution in [1.82, 2.24) is 4.98 Å². The molecule has 4 rings (SSSR count). The Morgan fingerprint density at radius 1 is 0.857 bits per heavy atom. The van der Waals surface area contributed by atoms with E-state index in [9.17, 15) is 0 Å². The standard InChI is InChI=1S/C23H19N3OS/c1-27-20-14-12-17(13-15-20)16-24-26-23-25-21(18-8-4-2-5-9-18)22(28-23)19-10-6-3-7-11-19/h2-16H,1H3,(H,25,26). The summed E-state index contributed by atoms with van der Waals surface area (Å²) >= 11 is 1.59. The van der Waals surface area contributed by atoms with Crippen LogP contribution in [-0.4, -0.2) is 18.3 Å². The second-order valence-corrected chi connectivity index (χ2v) is 7.07. The van der Waals surface area contributed by atoms with Crippen LogP contribution in [0.4, 0.5) is 5.13 Å². The largest absolute Gasteiger partial charge is 0.497 e. The van der Waals surface area contributed by atoms with Gasteiger partial charge in [0, 0.05) is 5.56 Å². The lowest BCUT2D eigenvalue weighted by atomic mass is 10.1. The molecule has 0 bridgehead atoms. The number of thiazole rings is 1. The lowest BCUT2D eigenvalue weighted by molar-refractivity contribution is 0.415. The third kappa shape index (κ3) is 4.10. The number of ether oxygens (including phenoxy) is 1. The number of anilines is 1. The van der Waals surface area contributed by atoms with Gasteiger partial charge in [0.2, 0.25) is 5.13 Å². The molecule has 0 unspecified atom stereocenters. The zero-order chi connectivity index (χ0) is 19.2. The molecule has 0 saturated carbocycles. The minimum Gasteiger partial charge on any atom is -0.497 e. The molecule has 0 aliphatic carbocycles. The zero-order valence-electron chi connectivity index (χ0n) is 15.4. The topological polar surface area (TPSA) is 46.5 Å². The van der Waals surface area contributed by atoms with E-state index in [1.165, 1.54) is 0 Å². The van der Waals surface area contributed by atoms with Crippen LogP contribution in [0.5, 0.6) is 5.75 Å². The maximum Gasteiger partial charge on any atom is 0.204 e. The van der Waals surface area contributed by atoms with Crippen LogP contribution in [0.2, 0.25) is 0 Å². The average molecular weight is 385 g/mol. The number of hydrogen-bond donors (Lipinski definition) is 1. The molecule has 0 aliphatic heterocycles. The van der Waals surface area contributed by atoms with Gasteiger partial charge in [0.1, 0.15) is 5.75 Å². The van der Waals surface area contributed by atoms with E-state index in [1.807, 2.05) is 60.7 Å². The van der Waals surface area contributed by atoms with Crippen LogP contribution < -0.4 is 10.2 Å². The van der Waals surface area contributed by atoms with Gasteiger partial charge in [-0.25, -0.2) is 4.98 Å². The molecular formula is C23H19N3OS. The zero-order valence-corrected chi connectivity index (χ0v) is 16.2. The summed E-state index contributed by atoms with van der Waals surface area (Å²) in [6, 6.07) is 28.2. The van der Waals surface area contributed by atoms with Gasteiger partial charge in [-0.2, -0.15) is 5.10 Å². The average Bonchev–Trinajstić information content (AvgIpc) is 3.20. The Kier molecular flexibility index (Phi) is 5.45. The molecule has 0 fully saturated rings. The number of hydrazone groups is 1. The summed E-state index contributed by atoms with van der Waals surface area (Å²) in [7, 11) is 1.65. The van der Waals surface area contributed by atoms with Gasteiger partial charge in [0.05, 0.1) is 23.9 Å². The van der Waals surface area contributed by atoms with Crippen molar-refractivity contribution in [2.24, 2.45) is 5.10 Å². The van der Waals surface area contributed by atoms with E-state index < -0.39 is 0 Å². The van der Waals surface area contributed by atoms with Crippen molar-refractivity contribution in [2.75, 3.05) is 12.5 Å². The first-order valence-corrected chi connectivity index (χ1v) is 9.70. The predicted octanol–water partition coefficient (Wildman–Crippen LogP) is 5.93. The fourth-order valence-corrected chi connectivity index (χ4v) is 3.74. The summed E-state index contributed by atoms with van der Waals surface area (Å²) < 4.78 is 5.17. The summed E-state index contributed by atoms with van der Waals surface area (Å²) in [4.78, 5) is 5.91. The molecule has 0 spiro atoms. The van der Waals surface area contributed by atoms with Crippen LogP contribution in [0.3, 0.4) is 0 Å². The highest BCUT2D eigenvalue weighted by Crippen LogP contribution is 2.38. The third-order valence-corrected chi connectivity index (χ3v) is 5.21. The second kappa shape index (κ2) is 8.50. The Hall–Kier alpha value is -3.44. The molecule has 138 valence electrons. The first kappa shape index (κ1) is 17.9. The minimum atomic E-state index is 0.752. The number of aromatic nitrogens is 1. The van der Waals surface area contributed by atoms with Crippen molar-refractivity contribution >= 4 is 22.7 Å². The van der Waals surface area contributed by atoms with E-state index in [1.54, 1.807) is 24.7 Å². The normalized spacial score (nSPS) is 10.9. The van der Waals surface area contributed by atoms with Crippen molar-refractivity contribution < 1.29 is 4.74 Å². The van der Waals surface area contributed by atoms with Crippen LogP contribution in [0.1, 0.15) is 5.56 Å². The maximum atomic E-state index is 5.17. The first-order chi connectivity index (χ1) is 13.8. The van der Waals surface area contributed by atoms with E-state index >= 15 is 0 Å². The quantitative estimate of drug-likeness (QED) is 0.330. The highest BCUT2D eigenvalue weighted by atomic mass is 32.1. The summed E-state index contributed by atoms with van der Waals surface area (Å²) in [6.07, 6.45) is 1.77. The SMILES string of the molecule is COc1ccc(C=NNc2nc(-c3ccccc3)c(-c3ccccc3)s2)cc1. The second-order valence-electron chi connectivity index (χ2n) is 6.07. The van der Waals surface area contributed by atoms with Crippen LogP contribution >= 0.6 is 11.3 Å². The van der Waals surface area contributed by atoms with Crippen molar-refractivity contribution in [2.45, 2.75) is 0 Å². The number of benzene rings is 3. The monoisotopic (exact) mass is 385 g/mol. The van der Waals surface area contributed by atoms with Crippen molar-refractivity contribution in [3.8, 4) is 27.4 Å². The molecule has 5 heteroatoms. The Morgan fingerprint density at radius 2 is 1.50 bits per heavy atom. The molecule has 1 aromatic heterocycles. The van der Waals surface area contributed by atoms with Crippen LogP contribution in [0.15, 0.2) is 90.0 Å². The highest BCUT2D eigenvalue weighted by molar-refractivity contribution is 7.19. The third-order valence-electron chi connectivity index (χ3n) is 4.20. The van der Waals surface area contributed by atoms with Gasteiger partial charge in [0.25, 0.3) is 0 Å². The maximum absolute atomic E-state index is 5.17. The molecule has 0 amide bonds. The van der Waals surface area contributed by atoms with Gasteiger partial charge in [-0.15, -0.1) is 0 Å². The molecule has 0 aliphatic rings. The molecule has 4 aromatic rings. The summed E-state index contributed by atoms with van der Waals surface area (Å²) in [5.41, 5.74) is 7.24. The number of nitrogens with one attached hydrogen (secondary N) is 1. The summed E-state index contributed by atoms with van der Waals surface area (Å²) in [5.74, 6) is 0.824. The van der Waals surface area contributed by atoms with Gasteiger partial charge in [-0.05, 0) is 35.4 Å². The van der Waals surface area contributed by atoms with Crippen LogP contribution in [0.25, 0.3) is 21.7 Å². The summed E-state index contributed by atoms with van der Waals surface area (Å²) in [6.45, 7) is 0. The number of hydrogen-bond acceptors (Lipinski definition) is 5. The Bertz CT molecular complexity index is 1000. The number of methoxy groups -OCH3 is 1. The molecular weight excluding hydrogens is 366 g/mol. The molecule has 0 saturated heterocycles. The molecule has 1 N–H and O–H groups in total. The first-order valence-electron chi connectivity index (χ1n) is 8.88. The van der Waals surface area contributed by atoms with Crippen molar-refractivity contribution in [1.29, 1.82) is 0 Å². The molecule has 0 atom stereocenters. The predicted molar refractivity (Wildman–Crippen MR) is 117 cm³/mol. The minimum absolute atomic E-state index is 0.752. The molecule has 3 aromatic carbocycles. The molecule has 1 heterocycles. The number of nitrogens with zero attached hydrogens (tertiary/aromatic N) is 2. The van der Waals surface area contributed by atoms with Crippen LogP contribution in [0, 0.1) is 0 Å². The Labute approximate surface area is 168 Å². The van der Waals surface area contributed by atoms with Gasteiger partial charge >= 0.3 is 0 Å². The molecule has 4 nitrogen and oxygen atoms in total. The van der Waals surface area contributed by atoms with Crippen molar-refractivity contribution in [3.63, 3.8) is 0 Å². The van der Waals surface area contributed by atoms with Gasteiger partial charge in [0.15, 0.2) is 0 Å². The Balaban J connectivity index is 1.61. The van der Waals surface area contributed by atoms with E-state index in [-0.39, 0.29) is 0 Å². The van der Waals surface area contributed by atoms with Crippen LogP contribution in [-0.2, 0) is 0 Å².